The number of likely N-dealkylation sites (tertiary alicyclic amines) is 3. The predicted molar refractivity (Wildman–Crippen MR) is 211 cm³/mol. The van der Waals surface area contributed by atoms with Crippen LogP contribution in [0.1, 0.15) is 117 Å². The van der Waals surface area contributed by atoms with E-state index in [1.165, 1.54) is 68.2 Å². The molecule has 0 aliphatic carbocycles. The molecule has 0 saturated carbocycles. The largest absolute Gasteiger partial charge is 0.419 e. The summed E-state index contributed by atoms with van der Waals surface area (Å²) in [4.78, 5) is 7.11. The molecule has 3 saturated heterocycles. The topological polar surface area (TPSA) is 9.72 Å². The van der Waals surface area contributed by atoms with Crippen LogP contribution in [0.25, 0.3) is 0 Å². The van der Waals surface area contributed by atoms with E-state index in [1.54, 1.807) is 6.07 Å². The zero-order valence-electron chi connectivity index (χ0n) is 32.5. The maximum atomic E-state index is 14.0. The van der Waals surface area contributed by atoms with Gasteiger partial charge in [-0.25, -0.2) is 4.39 Å². The Morgan fingerprint density at radius 3 is 1.44 bits per heavy atom. The second-order valence-electron chi connectivity index (χ2n) is 14.9. The number of hydrogen-bond acceptors (Lipinski definition) is 3. The van der Waals surface area contributed by atoms with Crippen LogP contribution in [0.4, 0.5) is 30.7 Å². The van der Waals surface area contributed by atoms with Gasteiger partial charge in [-0.3, -0.25) is 0 Å². The molecule has 0 amide bonds. The summed E-state index contributed by atoms with van der Waals surface area (Å²) in [6.45, 7) is 17.7. The quantitative estimate of drug-likeness (QED) is 0.220. The van der Waals surface area contributed by atoms with Crippen LogP contribution in [0.15, 0.2) is 54.6 Å². The molecule has 12 heteroatoms. The van der Waals surface area contributed by atoms with E-state index < -0.39 is 29.3 Å². The van der Waals surface area contributed by atoms with E-state index in [0.717, 1.165) is 69.3 Å². The minimum absolute atomic E-state index is 0.106. The van der Waals surface area contributed by atoms with Gasteiger partial charge in [0.25, 0.3) is 0 Å². The summed E-state index contributed by atoms with van der Waals surface area (Å²) < 4.78 is 90.5. The van der Waals surface area contributed by atoms with E-state index in [4.69, 9.17) is 23.2 Å². The van der Waals surface area contributed by atoms with Gasteiger partial charge in [0.15, 0.2) is 0 Å². The van der Waals surface area contributed by atoms with E-state index in [-0.39, 0.29) is 22.4 Å². The fourth-order valence-corrected chi connectivity index (χ4v) is 8.71. The minimum Gasteiger partial charge on any atom is -0.304 e. The van der Waals surface area contributed by atoms with Crippen LogP contribution >= 0.6 is 23.2 Å². The van der Waals surface area contributed by atoms with Gasteiger partial charge in [0.05, 0.1) is 16.1 Å². The second-order valence-corrected chi connectivity index (χ2v) is 15.7. The van der Waals surface area contributed by atoms with Crippen molar-refractivity contribution in [2.75, 3.05) is 58.9 Å². The van der Waals surface area contributed by atoms with Crippen LogP contribution in [-0.4, -0.2) is 73.6 Å². The van der Waals surface area contributed by atoms with Gasteiger partial charge in [-0.15, -0.1) is 0 Å². The monoisotopic (exact) mass is 817 g/mol. The molecule has 3 nitrogen and oxygen atoms in total. The zero-order chi connectivity index (χ0) is 40.3. The van der Waals surface area contributed by atoms with Crippen LogP contribution < -0.4 is 0 Å². The van der Waals surface area contributed by atoms with Gasteiger partial charge in [-0.1, -0.05) is 80.4 Å². The van der Waals surface area contributed by atoms with Gasteiger partial charge in [-0.05, 0) is 169 Å². The molecule has 0 N–H and O–H groups in total. The van der Waals surface area contributed by atoms with Gasteiger partial charge in [0.2, 0.25) is 0 Å². The summed E-state index contributed by atoms with van der Waals surface area (Å²) in [5.74, 6) is -0.352. The van der Waals surface area contributed by atoms with Gasteiger partial charge in [0, 0.05) is 5.02 Å². The highest BCUT2D eigenvalue weighted by Crippen LogP contribution is 2.41. The first-order valence-electron chi connectivity index (χ1n) is 19.7. The van der Waals surface area contributed by atoms with Crippen molar-refractivity contribution in [1.82, 2.24) is 14.7 Å². The SMILES string of the molecule is CCCN1CCC(c2cccc(Cl)c2C)CC1.CCN1CCC(c2cccc(C(F)(F)F)c2Cl)CC1.CCN1CCC(c2cccc(C(F)(F)F)c2F)CC1. The highest BCUT2D eigenvalue weighted by Gasteiger charge is 2.37. The summed E-state index contributed by atoms with van der Waals surface area (Å²) in [7, 11) is 0. The molecule has 0 spiro atoms. The Morgan fingerprint density at radius 1 is 0.564 bits per heavy atom. The zero-order valence-corrected chi connectivity index (χ0v) is 34.0. The van der Waals surface area contributed by atoms with Crippen LogP contribution in [0.2, 0.25) is 10.0 Å². The van der Waals surface area contributed by atoms with Crippen molar-refractivity contribution in [2.45, 2.75) is 103 Å². The first-order valence-corrected chi connectivity index (χ1v) is 20.5. The first kappa shape index (κ1) is 45.3. The van der Waals surface area contributed by atoms with Crippen molar-refractivity contribution in [3.05, 3.63) is 104 Å². The van der Waals surface area contributed by atoms with Crippen LogP contribution in [0, 0.1) is 12.7 Å². The van der Waals surface area contributed by atoms with Gasteiger partial charge >= 0.3 is 12.4 Å². The highest BCUT2D eigenvalue weighted by atomic mass is 35.5. The minimum atomic E-state index is -4.62. The summed E-state index contributed by atoms with van der Waals surface area (Å²) >= 11 is 12.2. The van der Waals surface area contributed by atoms with Crippen molar-refractivity contribution in [2.24, 2.45) is 0 Å². The van der Waals surface area contributed by atoms with Crippen molar-refractivity contribution < 1.29 is 30.7 Å². The third kappa shape index (κ3) is 12.6. The van der Waals surface area contributed by atoms with E-state index in [1.807, 2.05) is 13.0 Å². The number of hydrogen-bond donors (Lipinski definition) is 0. The Hall–Kier alpha value is -2.37. The van der Waals surface area contributed by atoms with Crippen molar-refractivity contribution in [3.8, 4) is 0 Å². The molecule has 3 aliphatic rings. The number of rotatable bonds is 7. The lowest BCUT2D eigenvalue weighted by molar-refractivity contribution is -0.140. The van der Waals surface area contributed by atoms with Gasteiger partial charge < -0.3 is 14.7 Å². The lowest BCUT2D eigenvalue weighted by atomic mass is 9.87. The molecule has 55 heavy (non-hydrogen) atoms. The number of nitrogens with zero attached hydrogens (tertiary/aromatic N) is 3. The molecule has 0 radical (unpaired) electrons. The Labute approximate surface area is 333 Å². The predicted octanol–water partition coefficient (Wildman–Crippen LogP) is 12.8. The molecule has 0 aromatic heterocycles. The summed E-state index contributed by atoms with van der Waals surface area (Å²) in [6, 6.07) is 14.1. The van der Waals surface area contributed by atoms with Gasteiger partial charge in [-0.2, -0.15) is 26.3 Å². The van der Waals surface area contributed by atoms with E-state index in [2.05, 4.69) is 47.6 Å². The molecule has 6 rings (SSSR count). The highest BCUT2D eigenvalue weighted by molar-refractivity contribution is 6.32. The number of benzene rings is 3. The molecule has 3 aromatic rings. The summed E-state index contributed by atoms with van der Waals surface area (Å²) in [5, 5.41) is 0.795. The molecule has 0 atom stereocenters. The Bertz CT molecular complexity index is 1540. The standard InChI is InChI=1S/C15H22ClN.C14H17ClF3N.C14H17F4N/c1-3-9-17-10-7-13(8-11-17)14-5-4-6-15(16)12(14)2;2*1-2-19-8-6-10(7-9-19)11-4-3-5-12(13(11)15)14(16,17)18/h4-6,13H,3,7-11H2,1-2H3;2*3-5,10H,2,6-9H2,1H3. The molecule has 306 valence electrons. The molecule has 3 fully saturated rings. The molecule has 0 bridgehead atoms. The first-order chi connectivity index (χ1) is 26.1. The lowest BCUT2D eigenvalue weighted by Gasteiger charge is -2.32. The summed E-state index contributed by atoms with van der Waals surface area (Å²) in [5.41, 5.74) is 1.74. The van der Waals surface area contributed by atoms with Crippen molar-refractivity contribution in [1.29, 1.82) is 0 Å². The molecular weight excluding hydrogens is 762 g/mol. The Morgan fingerprint density at radius 2 is 0.964 bits per heavy atom. The summed E-state index contributed by atoms with van der Waals surface area (Å²) in [6.07, 6.45) is -2.01. The third-order valence-electron chi connectivity index (χ3n) is 11.5. The average molecular weight is 819 g/mol. The number of piperidine rings is 3. The van der Waals surface area contributed by atoms with Crippen molar-refractivity contribution in [3.63, 3.8) is 0 Å². The lowest BCUT2D eigenvalue weighted by Crippen LogP contribution is -2.33. The maximum absolute atomic E-state index is 14.0. The van der Waals surface area contributed by atoms with E-state index in [0.29, 0.717) is 24.3 Å². The number of halogens is 9. The molecule has 3 heterocycles. The van der Waals surface area contributed by atoms with Gasteiger partial charge in [0.1, 0.15) is 5.82 Å². The van der Waals surface area contributed by atoms with Crippen LogP contribution in [-0.2, 0) is 12.4 Å². The Balaban J connectivity index is 0.000000184. The molecule has 3 aromatic carbocycles. The van der Waals surface area contributed by atoms with E-state index >= 15 is 0 Å². The van der Waals surface area contributed by atoms with Crippen LogP contribution in [0.3, 0.4) is 0 Å². The fraction of sp³-hybridized carbons (Fsp3) is 0.581. The number of alkyl halides is 6. The normalized spacial score (nSPS) is 18.7. The average Bonchev–Trinajstić information content (AvgIpc) is 3.16. The third-order valence-corrected chi connectivity index (χ3v) is 12.3. The van der Waals surface area contributed by atoms with Crippen molar-refractivity contribution >= 4 is 23.2 Å². The molecule has 3 aliphatic heterocycles. The molecule has 0 unspecified atom stereocenters. The smallest absolute Gasteiger partial charge is 0.304 e. The maximum Gasteiger partial charge on any atom is 0.419 e. The second kappa shape index (κ2) is 20.9. The molecular formula is C43H56Cl2F7N3. The fourth-order valence-electron chi connectivity index (χ4n) is 8.14. The van der Waals surface area contributed by atoms with E-state index in [9.17, 15) is 30.7 Å². The Kier molecular flexibility index (Phi) is 17.2. The van der Waals surface area contributed by atoms with Crippen LogP contribution in [0.5, 0.6) is 0 Å².